The molecule has 0 aliphatic carbocycles. The zero-order valence-corrected chi connectivity index (χ0v) is 12.5. The molecule has 0 heterocycles. The molecular weight excluding hydrogens is 258 g/mol. The van der Waals surface area contributed by atoms with Crippen molar-refractivity contribution in [1.82, 2.24) is 5.32 Å². The molecule has 0 aliphatic heterocycles. The van der Waals surface area contributed by atoms with Crippen LogP contribution in [0.5, 0.6) is 11.5 Å². The highest BCUT2D eigenvalue weighted by atomic mass is 16.5. The third kappa shape index (κ3) is 5.09. The Morgan fingerprint density at radius 1 is 1.35 bits per heavy atom. The van der Waals surface area contributed by atoms with Gasteiger partial charge in [0, 0.05) is 18.2 Å². The maximum absolute atomic E-state index is 11.6. The van der Waals surface area contributed by atoms with Crippen LogP contribution >= 0.6 is 0 Å². The van der Waals surface area contributed by atoms with E-state index in [-0.39, 0.29) is 12.5 Å². The van der Waals surface area contributed by atoms with Crippen LogP contribution in [-0.2, 0) is 4.79 Å². The van der Waals surface area contributed by atoms with Gasteiger partial charge in [0.2, 0.25) is 0 Å². The van der Waals surface area contributed by atoms with E-state index in [1.54, 1.807) is 32.2 Å². The van der Waals surface area contributed by atoms with Crippen molar-refractivity contribution < 1.29 is 19.4 Å². The lowest BCUT2D eigenvalue weighted by molar-refractivity contribution is -0.123. The minimum absolute atomic E-state index is 0.0837. The normalized spacial score (nSPS) is 12.1. The smallest absolute Gasteiger partial charge is 0.257 e. The molecule has 0 saturated carbocycles. The quantitative estimate of drug-likeness (QED) is 0.801. The van der Waals surface area contributed by atoms with Gasteiger partial charge >= 0.3 is 0 Å². The number of methoxy groups -OCH3 is 1. The molecule has 0 aromatic heterocycles. The topological polar surface area (TPSA) is 67.8 Å². The molecule has 0 fully saturated rings. The van der Waals surface area contributed by atoms with E-state index in [1.807, 2.05) is 13.8 Å². The summed E-state index contributed by atoms with van der Waals surface area (Å²) in [6.45, 7) is 6.22. The zero-order valence-electron chi connectivity index (χ0n) is 12.5. The maximum atomic E-state index is 11.6. The van der Waals surface area contributed by atoms with E-state index in [2.05, 4.69) is 5.32 Å². The number of nitrogens with one attached hydrogen (secondary N) is 1. The minimum Gasteiger partial charge on any atom is -0.497 e. The van der Waals surface area contributed by atoms with Crippen LogP contribution in [-0.4, -0.2) is 31.3 Å². The Bertz CT molecular complexity index is 443. The molecule has 112 valence electrons. The van der Waals surface area contributed by atoms with Crippen LogP contribution in [0.4, 0.5) is 0 Å². The summed E-state index contributed by atoms with van der Waals surface area (Å²) in [6.07, 6.45) is -0.672. The number of carbonyl (C=O) groups is 1. The molecule has 2 N–H and O–H groups in total. The number of hydrogen-bond acceptors (Lipinski definition) is 4. The number of amides is 1. The van der Waals surface area contributed by atoms with Crippen LogP contribution in [0.1, 0.15) is 32.4 Å². The van der Waals surface area contributed by atoms with E-state index in [1.165, 1.54) is 0 Å². The first-order valence-corrected chi connectivity index (χ1v) is 6.69. The first-order chi connectivity index (χ1) is 9.43. The summed E-state index contributed by atoms with van der Waals surface area (Å²) in [5, 5.41) is 12.5. The van der Waals surface area contributed by atoms with Crippen LogP contribution < -0.4 is 14.8 Å². The van der Waals surface area contributed by atoms with Gasteiger partial charge in [-0.3, -0.25) is 4.79 Å². The van der Waals surface area contributed by atoms with Crippen molar-refractivity contribution in [2.75, 3.05) is 20.3 Å². The molecule has 1 atom stereocenters. The summed E-state index contributed by atoms with van der Waals surface area (Å²) in [4.78, 5) is 11.6. The van der Waals surface area contributed by atoms with Gasteiger partial charge < -0.3 is 19.9 Å². The number of benzene rings is 1. The molecular formula is C15H23NO4. The average molecular weight is 281 g/mol. The SMILES string of the molecule is COc1ccc([C@@H](C)O)c(OCC(=O)NCC(C)C)c1. The van der Waals surface area contributed by atoms with Gasteiger partial charge in [0.25, 0.3) is 5.91 Å². The third-order valence-corrected chi connectivity index (χ3v) is 2.74. The van der Waals surface area contributed by atoms with E-state index in [9.17, 15) is 9.90 Å². The van der Waals surface area contributed by atoms with Gasteiger partial charge in [-0.2, -0.15) is 0 Å². The van der Waals surface area contributed by atoms with Crippen molar-refractivity contribution in [2.45, 2.75) is 26.9 Å². The third-order valence-electron chi connectivity index (χ3n) is 2.74. The molecule has 0 radical (unpaired) electrons. The number of hydrogen-bond donors (Lipinski definition) is 2. The van der Waals surface area contributed by atoms with Gasteiger partial charge in [-0.1, -0.05) is 13.8 Å². The Balaban J connectivity index is 2.68. The fraction of sp³-hybridized carbons (Fsp3) is 0.533. The predicted molar refractivity (Wildman–Crippen MR) is 77.0 cm³/mol. The number of aliphatic hydroxyl groups is 1. The first-order valence-electron chi connectivity index (χ1n) is 6.69. The molecule has 1 aromatic rings. The van der Waals surface area contributed by atoms with Crippen LogP contribution in [0.25, 0.3) is 0 Å². The van der Waals surface area contributed by atoms with Gasteiger partial charge in [0.1, 0.15) is 11.5 Å². The molecule has 0 bridgehead atoms. The van der Waals surface area contributed by atoms with E-state index >= 15 is 0 Å². The van der Waals surface area contributed by atoms with Crippen molar-refractivity contribution in [3.8, 4) is 11.5 Å². The van der Waals surface area contributed by atoms with E-state index in [0.29, 0.717) is 29.5 Å². The summed E-state index contributed by atoms with van der Waals surface area (Å²) in [5.74, 6) is 1.29. The lowest BCUT2D eigenvalue weighted by Gasteiger charge is -2.15. The second-order valence-corrected chi connectivity index (χ2v) is 5.07. The molecule has 1 aromatic carbocycles. The Morgan fingerprint density at radius 2 is 2.05 bits per heavy atom. The van der Waals surface area contributed by atoms with E-state index in [0.717, 1.165) is 0 Å². The molecule has 0 saturated heterocycles. The Hall–Kier alpha value is -1.75. The molecule has 1 amide bonds. The van der Waals surface area contributed by atoms with Gasteiger partial charge in [-0.25, -0.2) is 0 Å². The van der Waals surface area contributed by atoms with Crippen LogP contribution in [0, 0.1) is 5.92 Å². The second kappa shape index (κ2) is 7.75. The number of aliphatic hydroxyl groups excluding tert-OH is 1. The second-order valence-electron chi connectivity index (χ2n) is 5.07. The number of ether oxygens (including phenoxy) is 2. The predicted octanol–water partition coefficient (Wildman–Crippen LogP) is 1.90. The molecule has 20 heavy (non-hydrogen) atoms. The van der Waals surface area contributed by atoms with Crippen LogP contribution in [0.3, 0.4) is 0 Å². The van der Waals surface area contributed by atoms with Gasteiger partial charge in [-0.15, -0.1) is 0 Å². The van der Waals surface area contributed by atoms with Crippen LogP contribution in [0.2, 0.25) is 0 Å². The Kier molecular flexibility index (Phi) is 6.31. The average Bonchev–Trinajstić information content (AvgIpc) is 2.42. The minimum atomic E-state index is -0.672. The standard InChI is InChI=1S/C15H23NO4/c1-10(2)8-16-15(18)9-20-14-7-12(19-4)5-6-13(14)11(3)17/h5-7,10-11,17H,8-9H2,1-4H3,(H,16,18)/t11-/m1/s1. The van der Waals surface area contributed by atoms with Gasteiger partial charge in [-0.05, 0) is 25.0 Å². The molecule has 5 nitrogen and oxygen atoms in total. The Labute approximate surface area is 119 Å². The largest absolute Gasteiger partial charge is 0.497 e. The highest BCUT2D eigenvalue weighted by molar-refractivity contribution is 5.77. The summed E-state index contributed by atoms with van der Waals surface area (Å²) >= 11 is 0. The first kappa shape index (κ1) is 16.3. The van der Waals surface area contributed by atoms with Gasteiger partial charge in [0.05, 0.1) is 13.2 Å². The van der Waals surface area contributed by atoms with E-state index < -0.39 is 6.10 Å². The van der Waals surface area contributed by atoms with Gasteiger partial charge in [0.15, 0.2) is 6.61 Å². The van der Waals surface area contributed by atoms with Crippen molar-refractivity contribution >= 4 is 5.91 Å². The van der Waals surface area contributed by atoms with Crippen LogP contribution in [0.15, 0.2) is 18.2 Å². The highest BCUT2D eigenvalue weighted by Gasteiger charge is 2.12. The van der Waals surface area contributed by atoms with Crippen molar-refractivity contribution in [3.05, 3.63) is 23.8 Å². The molecule has 0 spiro atoms. The van der Waals surface area contributed by atoms with Crippen molar-refractivity contribution in [3.63, 3.8) is 0 Å². The summed E-state index contributed by atoms with van der Waals surface area (Å²) < 4.78 is 10.6. The molecule has 5 heteroatoms. The van der Waals surface area contributed by atoms with E-state index in [4.69, 9.17) is 9.47 Å². The maximum Gasteiger partial charge on any atom is 0.257 e. The van der Waals surface area contributed by atoms with Crippen molar-refractivity contribution in [2.24, 2.45) is 5.92 Å². The lowest BCUT2D eigenvalue weighted by atomic mass is 10.1. The fourth-order valence-electron chi connectivity index (χ4n) is 1.62. The molecule has 1 rings (SSSR count). The fourth-order valence-corrected chi connectivity index (χ4v) is 1.62. The number of carbonyl (C=O) groups excluding carboxylic acids is 1. The monoisotopic (exact) mass is 281 g/mol. The molecule has 0 unspecified atom stereocenters. The zero-order chi connectivity index (χ0) is 15.1. The molecule has 0 aliphatic rings. The summed E-state index contributed by atoms with van der Waals surface area (Å²) in [5.41, 5.74) is 0.627. The lowest BCUT2D eigenvalue weighted by Crippen LogP contribution is -2.31. The van der Waals surface area contributed by atoms with Crippen molar-refractivity contribution in [1.29, 1.82) is 0 Å². The summed E-state index contributed by atoms with van der Waals surface area (Å²) in [7, 11) is 1.55. The Morgan fingerprint density at radius 3 is 2.60 bits per heavy atom. The summed E-state index contributed by atoms with van der Waals surface area (Å²) in [6, 6.07) is 5.14. The number of rotatable bonds is 7. The highest BCUT2D eigenvalue weighted by Crippen LogP contribution is 2.29.